The molecule has 0 aliphatic carbocycles. The maximum atomic E-state index is 13.2. The van der Waals surface area contributed by atoms with E-state index in [0.29, 0.717) is 12.2 Å². The Morgan fingerprint density at radius 3 is 2.53 bits per heavy atom. The summed E-state index contributed by atoms with van der Waals surface area (Å²) >= 11 is 0. The minimum Gasteiger partial charge on any atom is -0.344 e. The number of carbonyl (C=O) groups excluding carboxylic acids is 1. The highest BCUT2D eigenvalue weighted by molar-refractivity contribution is 5.94. The number of carbonyl (C=O) groups is 1. The Bertz CT molecular complexity index is 1140. The molecule has 3 aromatic heterocycles. The average molecular weight is 396 g/mol. The largest absolute Gasteiger partial charge is 0.344 e. The molecule has 30 heavy (non-hydrogen) atoms. The van der Waals surface area contributed by atoms with Crippen molar-refractivity contribution in [3.8, 4) is 11.1 Å². The Balaban J connectivity index is 1.67. The highest BCUT2D eigenvalue weighted by Gasteiger charge is 2.18. The smallest absolute Gasteiger partial charge is 0.268 e. The quantitative estimate of drug-likeness (QED) is 0.510. The second-order valence-corrected chi connectivity index (χ2v) is 7.39. The van der Waals surface area contributed by atoms with E-state index >= 15 is 0 Å². The minimum absolute atomic E-state index is 0.111. The first-order valence-electron chi connectivity index (χ1n) is 9.97. The van der Waals surface area contributed by atoms with Crippen molar-refractivity contribution in [2.24, 2.45) is 0 Å². The molecule has 1 aromatic carbocycles. The first kappa shape index (κ1) is 19.6. The molecule has 4 rings (SSSR count). The van der Waals surface area contributed by atoms with E-state index in [9.17, 15) is 4.79 Å². The van der Waals surface area contributed by atoms with Crippen LogP contribution in [0.2, 0.25) is 0 Å². The van der Waals surface area contributed by atoms with Crippen LogP contribution in [-0.4, -0.2) is 20.4 Å². The molecule has 0 radical (unpaired) electrons. The molecule has 3 heterocycles. The van der Waals surface area contributed by atoms with Gasteiger partial charge >= 0.3 is 0 Å². The lowest BCUT2D eigenvalue weighted by molar-refractivity contribution is 0.0931. The van der Waals surface area contributed by atoms with Crippen LogP contribution in [0.15, 0.2) is 85.6 Å². The zero-order chi connectivity index (χ0) is 20.9. The average Bonchev–Trinajstić information content (AvgIpc) is 3.20. The summed E-state index contributed by atoms with van der Waals surface area (Å²) in [5, 5.41) is 3.11. The van der Waals surface area contributed by atoms with Crippen molar-refractivity contribution >= 4 is 5.91 Å². The Morgan fingerprint density at radius 1 is 1.00 bits per heavy atom. The number of rotatable bonds is 6. The summed E-state index contributed by atoms with van der Waals surface area (Å²) in [6.45, 7) is 4.68. The molecule has 0 aliphatic heterocycles. The second-order valence-electron chi connectivity index (χ2n) is 7.39. The summed E-state index contributed by atoms with van der Waals surface area (Å²) in [7, 11) is 0. The van der Waals surface area contributed by atoms with Crippen LogP contribution in [-0.2, 0) is 6.54 Å². The van der Waals surface area contributed by atoms with Crippen molar-refractivity contribution < 1.29 is 4.79 Å². The van der Waals surface area contributed by atoms with Crippen LogP contribution in [0.4, 0.5) is 0 Å². The monoisotopic (exact) mass is 396 g/mol. The number of pyridine rings is 2. The van der Waals surface area contributed by atoms with Gasteiger partial charge in [0.05, 0.1) is 6.04 Å². The molecule has 0 bridgehead atoms. The summed E-state index contributed by atoms with van der Waals surface area (Å²) in [6, 6.07) is 17.8. The topological polar surface area (TPSA) is 59.8 Å². The van der Waals surface area contributed by atoms with E-state index in [0.717, 1.165) is 16.7 Å². The van der Waals surface area contributed by atoms with Gasteiger partial charge < -0.3 is 9.88 Å². The molecule has 0 fully saturated rings. The molecular weight excluding hydrogens is 372 g/mol. The molecule has 4 aromatic rings. The maximum Gasteiger partial charge on any atom is 0.268 e. The zero-order valence-electron chi connectivity index (χ0n) is 17.1. The third kappa shape index (κ3) is 4.30. The first-order chi connectivity index (χ1) is 14.6. The third-order valence-corrected chi connectivity index (χ3v) is 5.28. The van der Waals surface area contributed by atoms with Crippen molar-refractivity contribution in [1.82, 2.24) is 19.9 Å². The van der Waals surface area contributed by atoms with Gasteiger partial charge in [0.1, 0.15) is 5.69 Å². The van der Waals surface area contributed by atoms with Crippen molar-refractivity contribution in [1.29, 1.82) is 0 Å². The molecule has 5 nitrogen and oxygen atoms in total. The van der Waals surface area contributed by atoms with E-state index in [4.69, 9.17) is 0 Å². The number of hydrogen-bond acceptors (Lipinski definition) is 3. The molecule has 0 unspecified atom stereocenters. The highest BCUT2D eigenvalue weighted by Crippen LogP contribution is 2.24. The summed E-state index contributed by atoms with van der Waals surface area (Å²) < 4.78 is 2.02. The number of nitrogens with one attached hydrogen (secondary N) is 1. The maximum absolute atomic E-state index is 13.2. The summed E-state index contributed by atoms with van der Waals surface area (Å²) in [5.41, 5.74) is 6.00. The number of amides is 1. The van der Waals surface area contributed by atoms with Crippen LogP contribution in [0.25, 0.3) is 11.1 Å². The lowest BCUT2D eigenvalue weighted by Gasteiger charge is -2.16. The van der Waals surface area contributed by atoms with Gasteiger partial charge in [-0.3, -0.25) is 14.8 Å². The van der Waals surface area contributed by atoms with E-state index in [1.165, 1.54) is 11.1 Å². The fourth-order valence-corrected chi connectivity index (χ4v) is 3.49. The van der Waals surface area contributed by atoms with Crippen LogP contribution in [0.3, 0.4) is 0 Å². The first-order valence-corrected chi connectivity index (χ1v) is 9.97. The van der Waals surface area contributed by atoms with E-state index in [-0.39, 0.29) is 11.9 Å². The summed E-state index contributed by atoms with van der Waals surface area (Å²) in [4.78, 5) is 21.5. The Morgan fingerprint density at radius 2 is 1.80 bits per heavy atom. The number of aryl methyl sites for hydroxylation is 1. The fourth-order valence-electron chi connectivity index (χ4n) is 3.49. The van der Waals surface area contributed by atoms with E-state index in [1.807, 2.05) is 60.2 Å². The SMILES string of the molecule is Cc1ccccc1Cn1cc(-c2ccncc2)cc1C(=O)N[C@@H](C)c1cccnc1. The van der Waals surface area contributed by atoms with Crippen LogP contribution < -0.4 is 5.32 Å². The fraction of sp³-hybridized carbons (Fsp3) is 0.160. The van der Waals surface area contributed by atoms with Crippen molar-refractivity contribution in [2.75, 3.05) is 0 Å². The van der Waals surface area contributed by atoms with Gasteiger partial charge in [-0.05, 0) is 60.4 Å². The molecule has 1 N–H and O–H groups in total. The standard InChI is InChI=1S/C25H24N4O/c1-18-6-3-4-7-22(18)16-29-17-23(20-9-12-26-13-10-20)14-24(29)25(30)28-19(2)21-8-5-11-27-15-21/h3-15,17,19H,16H2,1-2H3,(H,28,30)/t19-/m0/s1. The van der Waals surface area contributed by atoms with E-state index in [2.05, 4.69) is 34.3 Å². The van der Waals surface area contributed by atoms with E-state index in [1.54, 1.807) is 24.8 Å². The van der Waals surface area contributed by atoms with Gasteiger partial charge in [0, 0.05) is 43.1 Å². The predicted octanol–water partition coefficient (Wildman–Crippen LogP) is 4.79. The zero-order valence-corrected chi connectivity index (χ0v) is 17.1. The minimum atomic E-state index is -0.141. The lowest BCUT2D eigenvalue weighted by atomic mass is 10.1. The molecule has 5 heteroatoms. The van der Waals surface area contributed by atoms with Gasteiger partial charge in [0.15, 0.2) is 0 Å². The number of hydrogen-bond donors (Lipinski definition) is 1. The molecule has 1 atom stereocenters. The Kier molecular flexibility index (Phi) is 5.70. The van der Waals surface area contributed by atoms with Crippen molar-refractivity contribution in [3.63, 3.8) is 0 Å². The summed E-state index contributed by atoms with van der Waals surface area (Å²) in [6.07, 6.45) is 9.06. The van der Waals surface area contributed by atoms with Gasteiger partial charge in [-0.25, -0.2) is 0 Å². The van der Waals surface area contributed by atoms with E-state index < -0.39 is 0 Å². The highest BCUT2D eigenvalue weighted by atomic mass is 16.2. The molecule has 0 saturated heterocycles. The van der Waals surface area contributed by atoms with Gasteiger partial charge in [0.25, 0.3) is 5.91 Å². The number of nitrogens with zero attached hydrogens (tertiary/aromatic N) is 3. The molecule has 150 valence electrons. The van der Waals surface area contributed by atoms with Crippen molar-refractivity contribution in [3.05, 3.63) is 108 Å². The lowest BCUT2D eigenvalue weighted by Crippen LogP contribution is -2.28. The normalized spacial score (nSPS) is 11.8. The second kappa shape index (κ2) is 8.74. The molecular formula is C25H24N4O. The van der Waals surface area contributed by atoms with Crippen molar-refractivity contribution in [2.45, 2.75) is 26.4 Å². The van der Waals surface area contributed by atoms with Gasteiger partial charge in [-0.15, -0.1) is 0 Å². The Labute approximate surface area is 176 Å². The predicted molar refractivity (Wildman–Crippen MR) is 118 cm³/mol. The number of benzene rings is 1. The van der Waals surface area contributed by atoms with Crippen LogP contribution in [0.1, 0.15) is 40.1 Å². The summed E-state index contributed by atoms with van der Waals surface area (Å²) in [5.74, 6) is -0.111. The van der Waals surface area contributed by atoms with Crippen LogP contribution in [0.5, 0.6) is 0 Å². The molecule has 0 spiro atoms. The third-order valence-electron chi connectivity index (χ3n) is 5.28. The van der Waals surface area contributed by atoms with Gasteiger partial charge in [-0.2, -0.15) is 0 Å². The molecule has 0 saturated carbocycles. The van der Waals surface area contributed by atoms with Crippen LogP contribution >= 0.6 is 0 Å². The van der Waals surface area contributed by atoms with Gasteiger partial charge in [0.2, 0.25) is 0 Å². The van der Waals surface area contributed by atoms with Crippen LogP contribution in [0, 0.1) is 6.92 Å². The molecule has 0 aliphatic rings. The molecule has 1 amide bonds. The number of aromatic nitrogens is 3. The Hall–Kier alpha value is -3.73. The van der Waals surface area contributed by atoms with Gasteiger partial charge in [-0.1, -0.05) is 30.3 Å².